The molecule has 0 unspecified atom stereocenters. The minimum absolute atomic E-state index is 0.0699. The normalized spacial score (nSPS) is 15.1. The maximum absolute atomic E-state index is 11.8. The third kappa shape index (κ3) is 10.1. The van der Waals surface area contributed by atoms with Crippen molar-refractivity contribution in [1.82, 2.24) is 48.2 Å². The maximum Gasteiger partial charge on any atom is 0.219 e. The van der Waals surface area contributed by atoms with Crippen LogP contribution in [-0.2, 0) is 14.8 Å². The Labute approximate surface area is 407 Å². The number of sulfonamides is 1. The molecule has 67 heavy (non-hydrogen) atoms. The molecule has 2 aliphatic rings. The topological polar surface area (TPSA) is 169 Å². The van der Waals surface area contributed by atoms with Crippen molar-refractivity contribution in [2.75, 3.05) is 43.1 Å². The van der Waals surface area contributed by atoms with E-state index in [-0.39, 0.29) is 18.0 Å². The fourth-order valence-electron chi connectivity index (χ4n) is 8.37. The number of anilines is 2. The number of likely N-dealkylation sites (tertiary alicyclic amines) is 1. The van der Waals surface area contributed by atoms with Gasteiger partial charge in [0.1, 0.15) is 24.3 Å². The first-order valence-corrected chi connectivity index (χ1v) is 24.9. The number of hydrogen-bond acceptors (Lipinski definition) is 11. The monoisotopic (exact) mass is 996 g/mol. The number of carbonyl (C=O) groups excluding carboxylic acids is 1. The molecule has 2 fully saturated rings. The minimum atomic E-state index is -3.19. The number of imidazole rings is 2. The van der Waals surface area contributed by atoms with Gasteiger partial charge in [-0.15, -0.1) is 0 Å². The van der Waals surface area contributed by atoms with Gasteiger partial charge in [-0.05, 0) is 98.5 Å². The average molecular weight is 999 g/mol. The summed E-state index contributed by atoms with van der Waals surface area (Å²) in [6.45, 7) is 4.00. The molecule has 10 rings (SSSR count). The maximum atomic E-state index is 11.8. The van der Waals surface area contributed by atoms with Gasteiger partial charge in [0.25, 0.3) is 0 Å². The van der Waals surface area contributed by atoms with Gasteiger partial charge in [0.05, 0.1) is 16.3 Å². The molecule has 4 aromatic heterocycles. The van der Waals surface area contributed by atoms with Gasteiger partial charge < -0.3 is 15.5 Å². The molecule has 0 saturated carbocycles. The fraction of sp³-hybridized carbons (Fsp3) is 0.255. The van der Waals surface area contributed by atoms with E-state index >= 15 is 0 Å². The van der Waals surface area contributed by atoms with E-state index in [0.717, 1.165) is 48.4 Å². The van der Waals surface area contributed by atoms with Crippen molar-refractivity contribution < 1.29 is 13.2 Å². The van der Waals surface area contributed by atoms with Crippen molar-refractivity contribution >= 4 is 96.3 Å². The Hall–Kier alpha value is -5.88. The molecule has 8 aromatic rings. The highest BCUT2D eigenvalue weighted by molar-refractivity contribution is 7.88. The second kappa shape index (κ2) is 19.8. The predicted molar refractivity (Wildman–Crippen MR) is 266 cm³/mol. The number of amides is 1. The van der Waals surface area contributed by atoms with Crippen LogP contribution in [-0.4, -0.2) is 107 Å². The van der Waals surface area contributed by atoms with Crippen molar-refractivity contribution in [1.29, 1.82) is 0 Å². The molecule has 0 spiro atoms. The van der Waals surface area contributed by atoms with Crippen molar-refractivity contribution in [3.63, 3.8) is 0 Å². The van der Waals surface area contributed by atoms with Crippen molar-refractivity contribution in [2.24, 2.45) is 0 Å². The number of halogens is 4. The minimum Gasteiger partial charge on any atom is -0.365 e. The fourth-order valence-corrected chi connectivity index (χ4v) is 9.94. The number of piperidine rings is 2. The summed E-state index contributed by atoms with van der Waals surface area (Å²) in [4.78, 5) is 41.5. The molecule has 15 nitrogen and oxygen atoms in total. The van der Waals surface area contributed by atoms with Crippen molar-refractivity contribution in [3.8, 4) is 34.2 Å². The van der Waals surface area contributed by atoms with Crippen LogP contribution in [0.4, 0.5) is 11.6 Å². The molecule has 1 amide bonds. The summed E-state index contributed by atoms with van der Waals surface area (Å²) in [5.41, 5.74) is 5.85. The van der Waals surface area contributed by atoms with E-state index in [4.69, 9.17) is 56.4 Å². The number of nitrogens with zero attached hydrogens (tertiary/aromatic N) is 10. The Kier molecular flexibility index (Phi) is 13.6. The summed E-state index contributed by atoms with van der Waals surface area (Å²) in [5, 5.41) is 9.44. The largest absolute Gasteiger partial charge is 0.365 e. The van der Waals surface area contributed by atoms with Crippen LogP contribution in [0.5, 0.6) is 0 Å². The average Bonchev–Trinajstić information content (AvgIpc) is 3.91. The third-order valence-corrected chi connectivity index (χ3v) is 14.3. The molecule has 20 heteroatoms. The van der Waals surface area contributed by atoms with E-state index in [9.17, 15) is 13.2 Å². The zero-order chi connectivity index (χ0) is 46.8. The SMILES string of the molecule is CC(=O)N1CCC(Nc2ncnc3c2nc(-c2ccccc2Cl)n3-c2ccc(Cl)cc2)CC1.CS(=O)(=O)N1CCC(Nc2ncnc3c2nc(-c2ccccc2Cl)n3-c2ccc(Cl)cc2)CC1. The first-order chi connectivity index (χ1) is 32.3. The highest BCUT2D eigenvalue weighted by atomic mass is 35.5. The Morgan fingerprint density at radius 2 is 0.985 bits per heavy atom. The lowest BCUT2D eigenvalue weighted by Gasteiger charge is -2.31. The summed E-state index contributed by atoms with van der Waals surface area (Å²) in [6.07, 6.45) is 7.33. The van der Waals surface area contributed by atoms with E-state index in [2.05, 4.69) is 30.6 Å². The molecule has 2 N–H and O–H groups in total. The zero-order valence-electron chi connectivity index (χ0n) is 36.3. The molecule has 2 saturated heterocycles. The smallest absolute Gasteiger partial charge is 0.219 e. The standard InChI is InChI=1S/C24H22Cl2N6O.C23H22Cl2N6O2S/c1-15(33)31-12-10-17(11-13-31)29-22-21-24(28-14-27-22)32(18-8-6-16(25)7-9-18)23(30-21)19-4-2-3-5-20(19)26;1-34(32,33)30-12-10-16(11-13-30)28-21-20-23(27-14-26-21)31(17-8-6-15(24)7-9-17)22(29-20)18-4-2-3-5-19(18)25/h2-9,14,17H,10-13H2,1H3,(H,27,28,29);2-9,14,16H,10-13H2,1H3,(H,26,27,28). The Bertz CT molecular complexity index is 3190. The van der Waals surface area contributed by atoms with Crippen molar-refractivity contribution in [3.05, 3.63) is 130 Å². The molecule has 344 valence electrons. The summed E-state index contributed by atoms with van der Waals surface area (Å²) >= 11 is 25.3. The molecule has 4 aromatic carbocycles. The van der Waals surface area contributed by atoms with Crippen LogP contribution in [0.3, 0.4) is 0 Å². The van der Waals surface area contributed by atoms with Gasteiger partial charge in [-0.1, -0.05) is 70.7 Å². The number of nitrogens with one attached hydrogen (secondary N) is 2. The van der Waals surface area contributed by atoms with Crippen LogP contribution >= 0.6 is 46.4 Å². The lowest BCUT2D eigenvalue weighted by Crippen LogP contribution is -2.41. The van der Waals surface area contributed by atoms with E-state index in [1.807, 2.05) is 111 Å². The number of rotatable bonds is 9. The predicted octanol–water partition coefficient (Wildman–Crippen LogP) is 9.84. The Morgan fingerprint density at radius 1 is 0.582 bits per heavy atom. The molecule has 0 bridgehead atoms. The van der Waals surface area contributed by atoms with E-state index in [1.54, 1.807) is 13.3 Å². The van der Waals surface area contributed by atoms with Gasteiger partial charge in [-0.3, -0.25) is 13.9 Å². The molecule has 6 heterocycles. The number of hydrogen-bond donors (Lipinski definition) is 2. The number of carbonyl (C=O) groups is 1. The van der Waals surface area contributed by atoms with Gasteiger partial charge >= 0.3 is 0 Å². The summed E-state index contributed by atoms with van der Waals surface area (Å²) in [5.74, 6) is 2.70. The van der Waals surface area contributed by atoms with Gasteiger partial charge in [0.2, 0.25) is 15.9 Å². The van der Waals surface area contributed by atoms with Gasteiger partial charge in [0.15, 0.2) is 34.0 Å². The summed E-state index contributed by atoms with van der Waals surface area (Å²) in [7, 11) is -3.19. The Balaban J connectivity index is 0.000000168. The number of fused-ring (bicyclic) bond motifs is 2. The molecule has 0 radical (unpaired) electrons. The highest BCUT2D eigenvalue weighted by Gasteiger charge is 2.28. The van der Waals surface area contributed by atoms with Crippen LogP contribution in [0.15, 0.2) is 110 Å². The molecule has 0 aliphatic carbocycles. The summed E-state index contributed by atoms with van der Waals surface area (Å²) in [6, 6.07) is 30.3. The van der Waals surface area contributed by atoms with Gasteiger partial charge in [-0.25, -0.2) is 42.6 Å². The molecule has 0 atom stereocenters. The molecular weight excluding hydrogens is 954 g/mol. The first-order valence-electron chi connectivity index (χ1n) is 21.5. The number of benzene rings is 4. The lowest BCUT2D eigenvalue weighted by molar-refractivity contribution is -0.129. The van der Waals surface area contributed by atoms with Gasteiger partial charge in [0, 0.05) is 77.7 Å². The lowest BCUT2D eigenvalue weighted by atomic mass is 10.1. The van der Waals surface area contributed by atoms with Crippen LogP contribution in [0.1, 0.15) is 32.6 Å². The Morgan fingerprint density at radius 3 is 1.37 bits per heavy atom. The second-order valence-corrected chi connectivity index (χ2v) is 19.9. The number of aromatic nitrogens is 8. The third-order valence-electron chi connectivity index (χ3n) is 11.8. The van der Waals surface area contributed by atoms with Crippen LogP contribution in [0.2, 0.25) is 20.1 Å². The zero-order valence-corrected chi connectivity index (χ0v) is 40.2. The highest BCUT2D eigenvalue weighted by Crippen LogP contribution is 2.36. The van der Waals surface area contributed by atoms with E-state index < -0.39 is 10.0 Å². The molecular formula is C47H44Cl4N12O3S. The molecule has 2 aliphatic heterocycles. The second-order valence-electron chi connectivity index (χ2n) is 16.2. The van der Waals surface area contributed by atoms with Crippen molar-refractivity contribution in [2.45, 2.75) is 44.7 Å². The van der Waals surface area contributed by atoms with Crippen LogP contribution in [0.25, 0.3) is 56.5 Å². The summed E-state index contributed by atoms with van der Waals surface area (Å²) < 4.78 is 29.1. The van der Waals surface area contributed by atoms with Crippen LogP contribution < -0.4 is 10.6 Å². The quantitative estimate of drug-likeness (QED) is 0.141. The van der Waals surface area contributed by atoms with E-state index in [1.165, 1.54) is 16.9 Å². The first kappa shape index (κ1) is 46.2. The van der Waals surface area contributed by atoms with E-state index in [0.29, 0.717) is 91.6 Å². The van der Waals surface area contributed by atoms with Gasteiger partial charge in [-0.2, -0.15) is 0 Å². The van der Waals surface area contributed by atoms with Crippen LogP contribution in [0, 0.1) is 0 Å².